The third-order valence-electron chi connectivity index (χ3n) is 3.51. The Balaban J connectivity index is 3.14. The minimum Gasteiger partial charge on any atom is -0.376 e. The lowest BCUT2D eigenvalue weighted by atomic mass is 10.0. The van der Waals surface area contributed by atoms with Crippen molar-refractivity contribution in [2.75, 3.05) is 26.9 Å². The number of benzene rings is 1. The Morgan fingerprint density at radius 1 is 1.30 bits per heavy atom. The quantitative estimate of drug-likeness (QED) is 0.391. The van der Waals surface area contributed by atoms with Gasteiger partial charge in [-0.3, -0.25) is 4.39 Å². The first-order valence-electron chi connectivity index (χ1n) is 7.19. The number of hydrogen-bond donors (Lipinski definition) is 0. The second-order valence-corrected chi connectivity index (χ2v) is 6.68. The molecule has 0 bridgehead atoms. The number of alkyl halides is 1. The molecule has 0 N–H and O–H groups in total. The van der Waals surface area contributed by atoms with E-state index in [-0.39, 0.29) is 4.90 Å². The lowest BCUT2D eigenvalue weighted by molar-refractivity contribution is 0.0721. The van der Waals surface area contributed by atoms with Crippen LogP contribution in [0.4, 0.5) is 4.39 Å². The van der Waals surface area contributed by atoms with Crippen LogP contribution >= 0.6 is 0 Å². The van der Waals surface area contributed by atoms with Crippen LogP contribution < -0.4 is 0 Å². The van der Waals surface area contributed by atoms with E-state index in [0.717, 1.165) is 0 Å². The van der Waals surface area contributed by atoms with Crippen molar-refractivity contribution in [3.05, 3.63) is 40.3 Å². The summed E-state index contributed by atoms with van der Waals surface area (Å²) in [5, 5.41) is 3.37. The molecule has 0 saturated carbocycles. The molecule has 1 rings (SSSR count). The van der Waals surface area contributed by atoms with Crippen molar-refractivity contribution in [1.29, 1.82) is 0 Å². The standard InChI is InChI=1S/C14H21FN4O3S/c1-4-19(5-2)23(20,21)12-8-6-11(7-9-12)14(22-3)13(10-15)17-18-16/h6-9,13-14H,4-5,10H2,1-3H3/t13-,14-/m1/s1. The predicted molar refractivity (Wildman–Crippen MR) is 85.2 cm³/mol. The van der Waals surface area contributed by atoms with Crippen molar-refractivity contribution in [1.82, 2.24) is 4.31 Å². The highest BCUT2D eigenvalue weighted by molar-refractivity contribution is 7.89. The van der Waals surface area contributed by atoms with Gasteiger partial charge >= 0.3 is 0 Å². The third kappa shape index (κ3) is 4.42. The summed E-state index contributed by atoms with van der Waals surface area (Å²) in [4.78, 5) is 2.76. The molecule has 0 radical (unpaired) electrons. The van der Waals surface area contributed by atoms with Crippen LogP contribution in [-0.2, 0) is 14.8 Å². The number of azide groups is 1. The van der Waals surface area contributed by atoms with Crippen LogP contribution in [0.2, 0.25) is 0 Å². The van der Waals surface area contributed by atoms with E-state index in [1.54, 1.807) is 26.0 Å². The van der Waals surface area contributed by atoms with Crippen LogP contribution in [0.3, 0.4) is 0 Å². The zero-order valence-electron chi connectivity index (χ0n) is 13.4. The van der Waals surface area contributed by atoms with E-state index in [0.29, 0.717) is 18.7 Å². The fourth-order valence-corrected chi connectivity index (χ4v) is 3.75. The van der Waals surface area contributed by atoms with E-state index < -0.39 is 28.8 Å². The first-order chi connectivity index (χ1) is 11.0. The van der Waals surface area contributed by atoms with Gasteiger partial charge in [-0.2, -0.15) is 4.31 Å². The Kier molecular flexibility index (Phi) is 7.44. The molecule has 9 heteroatoms. The minimum absolute atomic E-state index is 0.153. The van der Waals surface area contributed by atoms with Crippen LogP contribution in [0.5, 0.6) is 0 Å². The van der Waals surface area contributed by atoms with Gasteiger partial charge in [0, 0.05) is 25.1 Å². The van der Waals surface area contributed by atoms with Crippen LogP contribution in [0.25, 0.3) is 10.4 Å². The molecule has 0 heterocycles. The first-order valence-corrected chi connectivity index (χ1v) is 8.63. The fourth-order valence-electron chi connectivity index (χ4n) is 2.30. The first kappa shape index (κ1) is 19.4. The minimum atomic E-state index is -3.55. The average molecular weight is 344 g/mol. The van der Waals surface area contributed by atoms with E-state index in [1.807, 2.05) is 0 Å². The van der Waals surface area contributed by atoms with E-state index in [4.69, 9.17) is 10.3 Å². The number of hydrogen-bond acceptors (Lipinski definition) is 4. The van der Waals surface area contributed by atoms with Gasteiger partial charge in [-0.1, -0.05) is 31.1 Å². The molecule has 0 aliphatic heterocycles. The molecule has 2 atom stereocenters. The van der Waals surface area contributed by atoms with Crippen molar-refractivity contribution >= 4 is 10.0 Å². The van der Waals surface area contributed by atoms with Crippen LogP contribution in [0, 0.1) is 0 Å². The molecular formula is C14H21FN4O3S. The summed E-state index contributed by atoms with van der Waals surface area (Å²) in [5.41, 5.74) is 9.02. The van der Waals surface area contributed by atoms with Gasteiger partial charge in [-0.15, -0.1) is 0 Å². The Hall–Kier alpha value is -1.67. The fraction of sp³-hybridized carbons (Fsp3) is 0.571. The predicted octanol–water partition coefficient (Wildman–Crippen LogP) is 3.05. The molecule has 0 unspecified atom stereocenters. The Bertz CT molecular complexity index is 640. The molecule has 7 nitrogen and oxygen atoms in total. The summed E-state index contributed by atoms with van der Waals surface area (Å²) in [7, 11) is -2.17. The summed E-state index contributed by atoms with van der Waals surface area (Å²) in [6.45, 7) is 3.41. The molecular weight excluding hydrogens is 323 g/mol. The number of ether oxygens (including phenoxy) is 1. The zero-order valence-corrected chi connectivity index (χ0v) is 14.2. The normalized spacial score (nSPS) is 14.3. The number of nitrogens with zero attached hydrogens (tertiary/aromatic N) is 4. The highest BCUT2D eigenvalue weighted by atomic mass is 32.2. The molecule has 0 saturated heterocycles. The molecule has 0 amide bonds. The van der Waals surface area contributed by atoms with Crippen LogP contribution in [0.15, 0.2) is 34.3 Å². The summed E-state index contributed by atoms with van der Waals surface area (Å²) in [6.07, 6.45) is -0.777. The number of sulfonamides is 1. The monoisotopic (exact) mass is 344 g/mol. The number of halogens is 1. The molecule has 0 aliphatic carbocycles. The molecule has 0 aliphatic rings. The van der Waals surface area contributed by atoms with Crippen molar-refractivity contribution in [2.24, 2.45) is 5.11 Å². The summed E-state index contributed by atoms with van der Waals surface area (Å²) >= 11 is 0. The van der Waals surface area contributed by atoms with Crippen molar-refractivity contribution in [3.63, 3.8) is 0 Å². The molecule has 0 fully saturated rings. The lowest BCUT2D eigenvalue weighted by Gasteiger charge is -2.21. The molecule has 0 aromatic heterocycles. The summed E-state index contributed by atoms with van der Waals surface area (Å²) in [5.74, 6) is 0. The Labute approximate surface area is 135 Å². The zero-order chi connectivity index (χ0) is 17.5. The van der Waals surface area contributed by atoms with Gasteiger partial charge in [0.25, 0.3) is 0 Å². The summed E-state index contributed by atoms with van der Waals surface area (Å²) < 4.78 is 44.3. The van der Waals surface area contributed by atoms with Crippen molar-refractivity contribution in [2.45, 2.75) is 30.9 Å². The smallest absolute Gasteiger partial charge is 0.243 e. The van der Waals surface area contributed by atoms with E-state index in [9.17, 15) is 12.8 Å². The Morgan fingerprint density at radius 2 is 1.87 bits per heavy atom. The molecule has 23 heavy (non-hydrogen) atoms. The molecule has 1 aromatic carbocycles. The molecule has 128 valence electrons. The molecule has 0 spiro atoms. The van der Waals surface area contributed by atoms with Crippen LogP contribution in [0.1, 0.15) is 25.5 Å². The van der Waals surface area contributed by atoms with Crippen LogP contribution in [-0.4, -0.2) is 45.6 Å². The number of rotatable bonds is 9. The second-order valence-electron chi connectivity index (χ2n) is 4.74. The van der Waals surface area contributed by atoms with Gasteiger partial charge < -0.3 is 4.74 Å². The van der Waals surface area contributed by atoms with E-state index in [1.165, 1.54) is 23.5 Å². The van der Waals surface area contributed by atoms with E-state index >= 15 is 0 Å². The second kappa shape index (κ2) is 8.83. The van der Waals surface area contributed by atoms with Gasteiger partial charge in [-0.05, 0) is 23.2 Å². The highest BCUT2D eigenvalue weighted by Crippen LogP contribution is 2.25. The van der Waals surface area contributed by atoms with Crippen molar-refractivity contribution in [3.8, 4) is 0 Å². The van der Waals surface area contributed by atoms with Crippen molar-refractivity contribution < 1.29 is 17.5 Å². The van der Waals surface area contributed by atoms with Gasteiger partial charge in [0.05, 0.1) is 17.0 Å². The SMILES string of the molecule is CCN(CC)S(=O)(=O)c1ccc([C@@H](OC)[C@@H](CF)N=[N+]=[N-])cc1. The van der Waals surface area contributed by atoms with Gasteiger partial charge in [0.1, 0.15) is 6.67 Å². The highest BCUT2D eigenvalue weighted by Gasteiger charge is 2.25. The number of methoxy groups -OCH3 is 1. The van der Waals surface area contributed by atoms with E-state index in [2.05, 4.69) is 10.0 Å². The van der Waals surface area contributed by atoms with Gasteiger partial charge in [-0.25, -0.2) is 8.42 Å². The Morgan fingerprint density at radius 3 is 2.26 bits per heavy atom. The topological polar surface area (TPSA) is 95.4 Å². The largest absolute Gasteiger partial charge is 0.376 e. The summed E-state index contributed by atoms with van der Waals surface area (Å²) in [6, 6.07) is 4.97. The maximum atomic E-state index is 13.0. The third-order valence-corrected chi connectivity index (χ3v) is 5.58. The van der Waals surface area contributed by atoms with Gasteiger partial charge in [0.2, 0.25) is 10.0 Å². The maximum absolute atomic E-state index is 13.0. The lowest BCUT2D eigenvalue weighted by Crippen LogP contribution is -2.30. The maximum Gasteiger partial charge on any atom is 0.243 e. The van der Waals surface area contributed by atoms with Gasteiger partial charge in [0.15, 0.2) is 0 Å². The molecule has 1 aromatic rings. The average Bonchev–Trinajstić information content (AvgIpc) is 2.56.